The molecule has 1 N–H and O–H groups in total. The van der Waals surface area contributed by atoms with Crippen molar-refractivity contribution in [2.45, 2.75) is 59.0 Å². The lowest BCUT2D eigenvalue weighted by molar-refractivity contribution is 0.0698. The van der Waals surface area contributed by atoms with Gasteiger partial charge in [0.2, 0.25) is 0 Å². The van der Waals surface area contributed by atoms with Crippen LogP contribution in [0.1, 0.15) is 66.9 Å². The van der Waals surface area contributed by atoms with Crippen molar-refractivity contribution in [1.29, 1.82) is 0 Å². The number of rotatable bonds is 5. The van der Waals surface area contributed by atoms with Crippen LogP contribution in [0.2, 0.25) is 0 Å². The summed E-state index contributed by atoms with van der Waals surface area (Å²) < 4.78 is 7.31. The van der Waals surface area contributed by atoms with E-state index in [0.717, 1.165) is 24.3 Å². The minimum absolute atomic E-state index is 0.0186. The van der Waals surface area contributed by atoms with E-state index in [2.05, 4.69) is 31.2 Å². The van der Waals surface area contributed by atoms with E-state index in [1.165, 1.54) is 0 Å². The molecule has 0 bridgehead atoms. The molecule has 1 fully saturated rings. The highest BCUT2D eigenvalue weighted by Gasteiger charge is 2.27. The molecule has 162 valence electrons. The summed E-state index contributed by atoms with van der Waals surface area (Å²) in [7, 11) is 0. The second-order valence-corrected chi connectivity index (χ2v) is 8.72. The molecule has 1 aliphatic heterocycles. The first-order valence-corrected chi connectivity index (χ1v) is 10.6. The van der Waals surface area contributed by atoms with Crippen LogP contribution in [0.25, 0.3) is 0 Å². The maximum Gasteiger partial charge on any atom is 0.254 e. The van der Waals surface area contributed by atoms with E-state index < -0.39 is 0 Å². The summed E-state index contributed by atoms with van der Waals surface area (Å²) >= 11 is 0. The molecule has 0 atom stereocenters. The van der Waals surface area contributed by atoms with Crippen molar-refractivity contribution >= 4 is 11.8 Å². The zero-order chi connectivity index (χ0) is 21.9. The van der Waals surface area contributed by atoms with Crippen LogP contribution >= 0.6 is 0 Å². The van der Waals surface area contributed by atoms with E-state index in [-0.39, 0.29) is 23.4 Å². The molecule has 2 amide bonds. The van der Waals surface area contributed by atoms with Crippen molar-refractivity contribution < 1.29 is 14.3 Å². The Kier molecular flexibility index (Phi) is 6.48. The molecule has 1 aromatic heterocycles. The third-order valence-corrected chi connectivity index (χ3v) is 5.42. The molecule has 30 heavy (non-hydrogen) atoms. The molecule has 0 radical (unpaired) electrons. The number of hydrogen-bond donors (Lipinski definition) is 1. The summed E-state index contributed by atoms with van der Waals surface area (Å²) in [5.41, 5.74) is 1.96. The Morgan fingerprint density at radius 1 is 1.17 bits per heavy atom. The summed E-state index contributed by atoms with van der Waals surface area (Å²) in [6.45, 7) is 11.9. The number of nitrogens with one attached hydrogen (secondary N) is 1. The number of carbonyl (C=O) groups excluding carboxylic acids is 2. The number of likely N-dealkylation sites (tertiary alicyclic amines) is 1. The van der Waals surface area contributed by atoms with Crippen molar-refractivity contribution in [3.63, 3.8) is 0 Å². The van der Waals surface area contributed by atoms with Gasteiger partial charge in [0.1, 0.15) is 5.75 Å². The highest BCUT2D eigenvalue weighted by atomic mass is 16.5. The monoisotopic (exact) mass is 412 g/mol. The fraction of sp³-hybridized carbons (Fsp3) is 0.522. The van der Waals surface area contributed by atoms with Gasteiger partial charge in [-0.1, -0.05) is 0 Å². The molecule has 1 aliphatic rings. The average molecular weight is 413 g/mol. The van der Waals surface area contributed by atoms with Gasteiger partial charge >= 0.3 is 0 Å². The molecule has 2 aromatic rings. The van der Waals surface area contributed by atoms with Crippen molar-refractivity contribution in [3.8, 4) is 5.75 Å². The fourth-order valence-corrected chi connectivity index (χ4v) is 3.84. The molecule has 7 heteroatoms. The number of aromatic nitrogens is 2. The van der Waals surface area contributed by atoms with Gasteiger partial charge in [-0.25, -0.2) is 0 Å². The maximum absolute atomic E-state index is 12.7. The number of amides is 2. The lowest BCUT2D eigenvalue weighted by Gasteiger charge is -2.32. The summed E-state index contributed by atoms with van der Waals surface area (Å²) in [5, 5.41) is 7.50. The second-order valence-electron chi connectivity index (χ2n) is 8.72. The van der Waals surface area contributed by atoms with Gasteiger partial charge in [0.25, 0.3) is 11.8 Å². The van der Waals surface area contributed by atoms with E-state index in [0.29, 0.717) is 30.8 Å². The Labute approximate surface area is 178 Å². The first kappa shape index (κ1) is 21.9. The van der Waals surface area contributed by atoms with Crippen molar-refractivity contribution in [2.75, 3.05) is 19.7 Å². The number of carbonyl (C=O) groups is 2. The lowest BCUT2D eigenvalue weighted by atomic mass is 10.0. The Morgan fingerprint density at radius 2 is 1.80 bits per heavy atom. The number of nitrogens with zero attached hydrogens (tertiary/aromatic N) is 3. The number of piperidine rings is 1. The SMILES string of the molecule is CCOc1ccc(C(=O)N2CCC(NC(=O)c3cnn(C(C)(C)C)c3C)CC2)cc1. The standard InChI is InChI=1S/C23H32N4O3/c1-6-30-19-9-7-17(8-10-19)22(29)26-13-11-18(12-14-26)25-21(28)20-15-24-27(16(20)2)23(3,4)5/h7-10,15,18H,6,11-14H2,1-5H3,(H,25,28). The smallest absolute Gasteiger partial charge is 0.254 e. The van der Waals surface area contributed by atoms with E-state index in [4.69, 9.17) is 4.74 Å². The highest BCUT2D eigenvalue weighted by molar-refractivity contribution is 5.95. The Hall–Kier alpha value is -2.83. The third kappa shape index (κ3) is 4.83. The van der Waals surface area contributed by atoms with Crippen LogP contribution < -0.4 is 10.1 Å². The summed E-state index contributed by atoms with van der Waals surface area (Å²) in [4.78, 5) is 27.3. The van der Waals surface area contributed by atoms with Gasteiger partial charge in [-0.05, 0) is 71.7 Å². The van der Waals surface area contributed by atoms with Gasteiger partial charge in [0.05, 0.1) is 23.9 Å². The van der Waals surface area contributed by atoms with Crippen LogP contribution in [-0.2, 0) is 5.54 Å². The maximum atomic E-state index is 12.7. The molecule has 1 saturated heterocycles. The van der Waals surface area contributed by atoms with Crippen molar-refractivity contribution in [1.82, 2.24) is 20.0 Å². The molecule has 0 unspecified atom stereocenters. The van der Waals surface area contributed by atoms with Crippen LogP contribution in [0.3, 0.4) is 0 Å². The minimum Gasteiger partial charge on any atom is -0.494 e. The molecule has 2 heterocycles. The second kappa shape index (κ2) is 8.90. The molecular weight excluding hydrogens is 380 g/mol. The number of benzene rings is 1. The number of hydrogen-bond acceptors (Lipinski definition) is 4. The first-order valence-electron chi connectivity index (χ1n) is 10.6. The zero-order valence-electron chi connectivity index (χ0n) is 18.6. The quantitative estimate of drug-likeness (QED) is 0.817. The van der Waals surface area contributed by atoms with Crippen LogP contribution in [0.4, 0.5) is 0 Å². The number of ether oxygens (including phenoxy) is 1. The van der Waals surface area contributed by atoms with E-state index in [1.807, 2.05) is 35.6 Å². The van der Waals surface area contributed by atoms with Gasteiger partial charge in [0, 0.05) is 30.4 Å². The Bertz CT molecular complexity index is 888. The lowest BCUT2D eigenvalue weighted by Crippen LogP contribution is -2.46. The molecule has 7 nitrogen and oxygen atoms in total. The fourth-order valence-electron chi connectivity index (χ4n) is 3.84. The van der Waals surface area contributed by atoms with E-state index in [1.54, 1.807) is 18.3 Å². The van der Waals surface area contributed by atoms with Gasteiger partial charge in [-0.2, -0.15) is 5.10 Å². The van der Waals surface area contributed by atoms with Crippen LogP contribution in [0, 0.1) is 6.92 Å². The van der Waals surface area contributed by atoms with Gasteiger partial charge in [0.15, 0.2) is 0 Å². The molecule has 3 rings (SSSR count). The minimum atomic E-state index is -0.171. The summed E-state index contributed by atoms with van der Waals surface area (Å²) in [5.74, 6) is 0.685. The molecule has 0 aliphatic carbocycles. The highest BCUT2D eigenvalue weighted by Crippen LogP contribution is 2.20. The largest absolute Gasteiger partial charge is 0.494 e. The Morgan fingerprint density at radius 3 is 2.33 bits per heavy atom. The van der Waals surface area contributed by atoms with Crippen molar-refractivity contribution in [2.24, 2.45) is 0 Å². The predicted molar refractivity (Wildman–Crippen MR) is 116 cm³/mol. The predicted octanol–water partition coefficient (Wildman–Crippen LogP) is 3.38. The Balaban J connectivity index is 1.55. The van der Waals surface area contributed by atoms with Gasteiger partial charge < -0.3 is 15.0 Å². The summed E-state index contributed by atoms with van der Waals surface area (Å²) in [6, 6.07) is 7.31. The summed E-state index contributed by atoms with van der Waals surface area (Å²) in [6.07, 6.45) is 3.11. The topological polar surface area (TPSA) is 76.5 Å². The molecule has 0 saturated carbocycles. The first-order chi connectivity index (χ1) is 14.2. The molecule has 0 spiro atoms. The molecular formula is C23H32N4O3. The molecule has 1 aromatic carbocycles. The normalized spacial score (nSPS) is 15.2. The van der Waals surface area contributed by atoms with E-state index in [9.17, 15) is 9.59 Å². The van der Waals surface area contributed by atoms with Crippen molar-refractivity contribution in [3.05, 3.63) is 47.3 Å². The van der Waals surface area contributed by atoms with Gasteiger partial charge in [-0.15, -0.1) is 0 Å². The third-order valence-electron chi connectivity index (χ3n) is 5.42. The van der Waals surface area contributed by atoms with Crippen LogP contribution in [-0.4, -0.2) is 52.2 Å². The van der Waals surface area contributed by atoms with Crippen LogP contribution in [0.15, 0.2) is 30.5 Å². The van der Waals surface area contributed by atoms with E-state index >= 15 is 0 Å². The van der Waals surface area contributed by atoms with Gasteiger partial charge in [-0.3, -0.25) is 14.3 Å². The van der Waals surface area contributed by atoms with Crippen LogP contribution in [0.5, 0.6) is 5.75 Å². The average Bonchev–Trinajstić information content (AvgIpc) is 3.11. The zero-order valence-corrected chi connectivity index (χ0v) is 18.6.